The van der Waals surface area contributed by atoms with Crippen LogP contribution in [0.15, 0.2) is 18.2 Å². The molecule has 1 aliphatic carbocycles. The fourth-order valence-corrected chi connectivity index (χ4v) is 2.66. The highest BCUT2D eigenvalue weighted by Crippen LogP contribution is 2.34. The Hall–Kier alpha value is -1.23. The van der Waals surface area contributed by atoms with Crippen molar-refractivity contribution in [3.05, 3.63) is 29.3 Å². The van der Waals surface area contributed by atoms with Gasteiger partial charge in [-0.15, -0.1) is 0 Å². The van der Waals surface area contributed by atoms with Crippen molar-refractivity contribution in [3.63, 3.8) is 0 Å². The molecule has 2 N–H and O–H groups in total. The van der Waals surface area contributed by atoms with E-state index in [9.17, 15) is 13.2 Å². The van der Waals surface area contributed by atoms with Crippen LogP contribution in [0.3, 0.4) is 0 Å². The van der Waals surface area contributed by atoms with E-state index < -0.39 is 11.7 Å². The van der Waals surface area contributed by atoms with E-state index in [-0.39, 0.29) is 17.9 Å². The summed E-state index contributed by atoms with van der Waals surface area (Å²) in [4.78, 5) is 0. The summed E-state index contributed by atoms with van der Waals surface area (Å²) >= 11 is 0. The van der Waals surface area contributed by atoms with Gasteiger partial charge in [0.25, 0.3) is 0 Å². The van der Waals surface area contributed by atoms with E-state index in [1.54, 1.807) is 6.07 Å². The Labute approximate surface area is 117 Å². The van der Waals surface area contributed by atoms with Crippen molar-refractivity contribution >= 4 is 0 Å². The molecule has 112 valence electrons. The lowest BCUT2D eigenvalue weighted by Gasteiger charge is -2.22. The Bertz CT molecular complexity index is 439. The Morgan fingerprint density at radius 3 is 2.45 bits per heavy atom. The minimum absolute atomic E-state index is 0.0996. The fourth-order valence-electron chi connectivity index (χ4n) is 2.66. The van der Waals surface area contributed by atoms with Crippen LogP contribution in [0.2, 0.25) is 0 Å². The summed E-state index contributed by atoms with van der Waals surface area (Å²) in [7, 11) is 0. The Kier molecular flexibility index (Phi) is 4.91. The van der Waals surface area contributed by atoms with E-state index in [2.05, 4.69) is 0 Å². The molecule has 0 bridgehead atoms. The normalized spacial score (nSPS) is 17.2. The highest BCUT2D eigenvalue weighted by molar-refractivity contribution is 5.37. The van der Waals surface area contributed by atoms with E-state index >= 15 is 0 Å². The molecule has 0 unspecified atom stereocenters. The zero-order valence-electron chi connectivity index (χ0n) is 11.4. The van der Waals surface area contributed by atoms with Crippen LogP contribution in [0.25, 0.3) is 0 Å². The van der Waals surface area contributed by atoms with Gasteiger partial charge < -0.3 is 10.5 Å². The zero-order valence-corrected chi connectivity index (χ0v) is 11.4. The first-order valence-corrected chi connectivity index (χ1v) is 7.03. The van der Waals surface area contributed by atoms with Gasteiger partial charge in [-0.3, -0.25) is 0 Å². The molecule has 2 nitrogen and oxygen atoms in total. The van der Waals surface area contributed by atoms with E-state index in [1.165, 1.54) is 25.3 Å². The van der Waals surface area contributed by atoms with Crippen LogP contribution in [0.4, 0.5) is 13.2 Å². The highest BCUT2D eigenvalue weighted by atomic mass is 19.4. The van der Waals surface area contributed by atoms with E-state index in [4.69, 9.17) is 10.5 Å². The quantitative estimate of drug-likeness (QED) is 0.904. The smallest absolute Gasteiger partial charge is 0.416 e. The first-order valence-electron chi connectivity index (χ1n) is 7.03. The van der Waals surface area contributed by atoms with Crippen LogP contribution in [0.1, 0.15) is 43.2 Å². The van der Waals surface area contributed by atoms with Gasteiger partial charge in [-0.05, 0) is 36.5 Å². The van der Waals surface area contributed by atoms with Crippen LogP contribution in [0.5, 0.6) is 5.75 Å². The first kappa shape index (κ1) is 15.2. The lowest BCUT2D eigenvalue weighted by molar-refractivity contribution is -0.138. The van der Waals surface area contributed by atoms with Crippen molar-refractivity contribution in [2.24, 2.45) is 11.7 Å². The molecule has 0 amide bonds. The topological polar surface area (TPSA) is 35.2 Å². The van der Waals surface area contributed by atoms with Crippen LogP contribution < -0.4 is 10.5 Å². The molecule has 1 aromatic rings. The molecule has 2 rings (SSSR count). The lowest BCUT2D eigenvalue weighted by atomic mass is 9.90. The van der Waals surface area contributed by atoms with Crippen LogP contribution >= 0.6 is 0 Å². The number of benzene rings is 1. The predicted molar refractivity (Wildman–Crippen MR) is 71.4 cm³/mol. The third-order valence-corrected chi connectivity index (χ3v) is 3.82. The molecule has 1 aromatic carbocycles. The van der Waals surface area contributed by atoms with Gasteiger partial charge in [-0.25, -0.2) is 0 Å². The summed E-state index contributed by atoms with van der Waals surface area (Å²) in [6, 6.07) is 4.03. The highest BCUT2D eigenvalue weighted by Gasteiger charge is 2.33. The SMILES string of the molecule is NCc1ccc(OCC2CCCCC2)cc1C(F)(F)F. The molecular formula is C15H20F3NO. The van der Waals surface area contributed by atoms with Crippen molar-refractivity contribution < 1.29 is 17.9 Å². The van der Waals surface area contributed by atoms with Crippen molar-refractivity contribution in [2.75, 3.05) is 6.61 Å². The molecule has 5 heteroatoms. The number of halogens is 3. The van der Waals surface area contributed by atoms with Crippen LogP contribution in [-0.2, 0) is 12.7 Å². The Balaban J connectivity index is 2.04. The molecule has 20 heavy (non-hydrogen) atoms. The molecule has 0 saturated heterocycles. The van der Waals surface area contributed by atoms with Gasteiger partial charge >= 0.3 is 6.18 Å². The molecule has 0 radical (unpaired) electrons. The summed E-state index contributed by atoms with van der Waals surface area (Å²) in [5.41, 5.74) is 4.75. The molecule has 1 fully saturated rings. The van der Waals surface area contributed by atoms with Crippen LogP contribution in [0, 0.1) is 5.92 Å². The summed E-state index contributed by atoms with van der Waals surface area (Å²) in [6.07, 6.45) is 1.45. The second-order valence-corrected chi connectivity index (χ2v) is 5.34. The van der Waals surface area contributed by atoms with Crippen LogP contribution in [-0.4, -0.2) is 6.61 Å². The summed E-state index contributed by atoms with van der Waals surface area (Å²) in [6.45, 7) is 0.372. The van der Waals surface area contributed by atoms with Gasteiger partial charge in [0.15, 0.2) is 0 Å². The van der Waals surface area contributed by atoms with Crippen molar-refractivity contribution in [1.82, 2.24) is 0 Å². The predicted octanol–water partition coefficient (Wildman–Crippen LogP) is 4.12. The summed E-state index contributed by atoms with van der Waals surface area (Å²) in [5.74, 6) is 0.743. The van der Waals surface area contributed by atoms with Crippen molar-refractivity contribution in [1.29, 1.82) is 0 Å². The molecule has 0 aromatic heterocycles. The first-order chi connectivity index (χ1) is 9.50. The summed E-state index contributed by atoms with van der Waals surface area (Å²) in [5, 5.41) is 0. The maximum atomic E-state index is 12.9. The van der Waals surface area contributed by atoms with Gasteiger partial charge in [0.2, 0.25) is 0 Å². The van der Waals surface area contributed by atoms with E-state index in [1.807, 2.05) is 0 Å². The van der Waals surface area contributed by atoms with Gasteiger partial charge in [-0.2, -0.15) is 13.2 Å². The summed E-state index contributed by atoms with van der Waals surface area (Å²) < 4.78 is 44.2. The maximum Gasteiger partial charge on any atom is 0.416 e. The van der Waals surface area contributed by atoms with Gasteiger partial charge in [-0.1, -0.05) is 25.3 Å². The number of nitrogens with two attached hydrogens (primary N) is 1. The molecule has 1 aliphatic rings. The minimum Gasteiger partial charge on any atom is -0.493 e. The number of hydrogen-bond acceptors (Lipinski definition) is 2. The minimum atomic E-state index is -4.39. The van der Waals surface area contributed by atoms with Gasteiger partial charge in [0.05, 0.1) is 12.2 Å². The largest absolute Gasteiger partial charge is 0.493 e. The molecule has 0 aliphatic heterocycles. The fraction of sp³-hybridized carbons (Fsp3) is 0.600. The Morgan fingerprint density at radius 1 is 1.15 bits per heavy atom. The number of rotatable bonds is 4. The average Bonchev–Trinajstić information content (AvgIpc) is 2.45. The second kappa shape index (κ2) is 6.48. The van der Waals surface area contributed by atoms with Crippen molar-refractivity contribution in [3.8, 4) is 5.75 Å². The molecule has 1 saturated carbocycles. The van der Waals surface area contributed by atoms with Gasteiger partial charge in [0.1, 0.15) is 5.75 Å². The Morgan fingerprint density at radius 2 is 1.85 bits per heavy atom. The zero-order chi connectivity index (χ0) is 14.6. The molecule has 0 atom stereocenters. The number of ether oxygens (including phenoxy) is 1. The molecule has 0 spiro atoms. The maximum absolute atomic E-state index is 12.9. The van der Waals surface area contributed by atoms with E-state index in [0.717, 1.165) is 18.9 Å². The van der Waals surface area contributed by atoms with E-state index in [0.29, 0.717) is 12.5 Å². The average molecular weight is 287 g/mol. The molecular weight excluding hydrogens is 267 g/mol. The van der Waals surface area contributed by atoms with Gasteiger partial charge in [0, 0.05) is 6.54 Å². The third-order valence-electron chi connectivity index (χ3n) is 3.82. The van der Waals surface area contributed by atoms with Crippen molar-refractivity contribution in [2.45, 2.75) is 44.8 Å². The standard InChI is InChI=1S/C15H20F3NO/c16-15(17,18)14-8-13(7-6-12(14)9-19)20-10-11-4-2-1-3-5-11/h6-8,11H,1-5,9-10,19H2. The molecule has 0 heterocycles. The number of hydrogen-bond donors (Lipinski definition) is 1. The monoisotopic (exact) mass is 287 g/mol. The second-order valence-electron chi connectivity index (χ2n) is 5.34. The third kappa shape index (κ3) is 3.88. The lowest BCUT2D eigenvalue weighted by Crippen LogP contribution is -2.16. The number of alkyl halides is 3.